The van der Waals surface area contributed by atoms with Crippen molar-refractivity contribution < 1.29 is 24.0 Å². The topological polar surface area (TPSA) is 116 Å². The number of thiophene rings is 1. The van der Waals surface area contributed by atoms with Gasteiger partial charge in [-0.1, -0.05) is 37.0 Å². The van der Waals surface area contributed by atoms with Crippen molar-refractivity contribution >= 4 is 57.9 Å². The highest BCUT2D eigenvalue weighted by atomic mass is 35.5. The number of non-ortho nitro benzene ring substituents is 1. The van der Waals surface area contributed by atoms with Crippen molar-refractivity contribution in [3.8, 4) is 0 Å². The number of carbonyl (C=O) groups is 3. The van der Waals surface area contributed by atoms with Crippen molar-refractivity contribution in [3.63, 3.8) is 0 Å². The number of hydrogen-bond donors (Lipinski definition) is 1. The van der Waals surface area contributed by atoms with Crippen molar-refractivity contribution in [2.45, 2.75) is 19.9 Å². The zero-order chi connectivity index (χ0) is 21.7. The highest BCUT2D eigenvalue weighted by molar-refractivity contribution is 7.18. The predicted molar refractivity (Wildman–Crippen MR) is 109 cm³/mol. The van der Waals surface area contributed by atoms with E-state index in [0.717, 1.165) is 23.5 Å². The summed E-state index contributed by atoms with van der Waals surface area (Å²) in [7, 11) is 0. The second-order valence-electron chi connectivity index (χ2n) is 6.25. The molecule has 2 aromatic rings. The Bertz CT molecular complexity index is 960. The largest absolute Gasteiger partial charge is 0.456 e. The number of hydrogen-bond acceptors (Lipinski definition) is 7. The molecule has 11 heteroatoms. The molecule has 0 spiro atoms. The standard InChI is InChI=1S/C18H16Cl2N2O6S/c1-9(2)16(18(25)28-8-13(23)14-5-6-15(20)29-14)21-17(24)11-7-10(22(26)27)3-4-12(11)19/h3-7,9,16H,8H2,1-2H3,(H,21,24)/t16-/m0/s1. The maximum absolute atomic E-state index is 12.5. The first-order valence-corrected chi connectivity index (χ1v) is 9.87. The third-order valence-electron chi connectivity index (χ3n) is 3.81. The third kappa shape index (κ3) is 5.99. The molecule has 154 valence electrons. The number of ketones is 1. The minimum atomic E-state index is -1.09. The molecule has 0 saturated heterocycles. The van der Waals surface area contributed by atoms with Gasteiger partial charge in [0.2, 0.25) is 5.78 Å². The van der Waals surface area contributed by atoms with Crippen LogP contribution < -0.4 is 5.32 Å². The SMILES string of the molecule is CC(C)[C@H](NC(=O)c1cc([N+](=O)[O-])ccc1Cl)C(=O)OCC(=O)c1ccc(Cl)s1. The number of esters is 1. The third-order valence-corrected chi connectivity index (χ3v) is 5.41. The molecule has 1 N–H and O–H groups in total. The lowest BCUT2D eigenvalue weighted by atomic mass is 10.0. The van der Waals surface area contributed by atoms with E-state index in [1.807, 2.05) is 0 Å². The first-order valence-electron chi connectivity index (χ1n) is 8.30. The summed E-state index contributed by atoms with van der Waals surface area (Å²) in [5, 5.41) is 13.4. The lowest BCUT2D eigenvalue weighted by Crippen LogP contribution is -2.45. The Hall–Kier alpha value is -2.49. The Kier molecular flexibility index (Phi) is 7.72. The molecule has 1 amide bonds. The summed E-state index contributed by atoms with van der Waals surface area (Å²) in [6.45, 7) is 2.83. The summed E-state index contributed by atoms with van der Waals surface area (Å²) in [6, 6.07) is 5.40. The van der Waals surface area contributed by atoms with Crippen LogP contribution in [0.4, 0.5) is 5.69 Å². The fraction of sp³-hybridized carbons (Fsp3) is 0.278. The number of carbonyl (C=O) groups excluding carboxylic acids is 3. The lowest BCUT2D eigenvalue weighted by molar-refractivity contribution is -0.384. The first kappa shape index (κ1) is 22.8. The van der Waals surface area contributed by atoms with Crippen molar-refractivity contribution in [3.05, 3.63) is 60.2 Å². The van der Waals surface area contributed by atoms with Crippen LogP contribution in [0.25, 0.3) is 0 Å². The number of Topliss-reactive ketones (excluding diaryl/α,β-unsaturated/α-hetero) is 1. The molecule has 0 aliphatic heterocycles. The lowest BCUT2D eigenvalue weighted by Gasteiger charge is -2.21. The Labute approximate surface area is 179 Å². The Morgan fingerprint density at radius 2 is 1.90 bits per heavy atom. The van der Waals surface area contributed by atoms with Crippen LogP contribution in [0.3, 0.4) is 0 Å². The van der Waals surface area contributed by atoms with Crippen LogP contribution in [0, 0.1) is 16.0 Å². The van der Waals surface area contributed by atoms with Gasteiger partial charge in [0.1, 0.15) is 6.04 Å². The number of nitro groups is 1. The number of ether oxygens (including phenoxy) is 1. The molecule has 29 heavy (non-hydrogen) atoms. The monoisotopic (exact) mass is 458 g/mol. The van der Waals surface area contributed by atoms with E-state index < -0.39 is 35.2 Å². The van der Waals surface area contributed by atoms with Gasteiger partial charge >= 0.3 is 5.97 Å². The summed E-state index contributed by atoms with van der Waals surface area (Å²) >= 11 is 12.8. The summed E-state index contributed by atoms with van der Waals surface area (Å²) in [6.07, 6.45) is 0. The smallest absolute Gasteiger partial charge is 0.329 e. The zero-order valence-corrected chi connectivity index (χ0v) is 17.6. The van der Waals surface area contributed by atoms with Gasteiger partial charge in [0.15, 0.2) is 6.61 Å². The zero-order valence-electron chi connectivity index (χ0n) is 15.3. The van der Waals surface area contributed by atoms with E-state index in [1.165, 1.54) is 12.1 Å². The molecule has 1 aromatic carbocycles. The van der Waals surface area contributed by atoms with Crippen LogP contribution in [0.2, 0.25) is 9.36 Å². The molecule has 0 aliphatic carbocycles. The van der Waals surface area contributed by atoms with Crippen LogP contribution in [-0.4, -0.2) is 35.2 Å². The maximum Gasteiger partial charge on any atom is 0.329 e. The molecule has 0 unspecified atom stereocenters. The van der Waals surface area contributed by atoms with Crippen molar-refractivity contribution in [2.24, 2.45) is 5.92 Å². The molecular formula is C18H16Cl2N2O6S. The maximum atomic E-state index is 12.5. The average Bonchev–Trinajstić information content (AvgIpc) is 3.10. The normalized spacial score (nSPS) is 11.8. The Morgan fingerprint density at radius 3 is 2.45 bits per heavy atom. The molecule has 2 rings (SSSR count). The summed E-state index contributed by atoms with van der Waals surface area (Å²) in [5.74, 6) is -2.39. The number of benzene rings is 1. The van der Waals surface area contributed by atoms with E-state index in [2.05, 4.69) is 5.32 Å². The number of nitrogens with one attached hydrogen (secondary N) is 1. The minimum Gasteiger partial charge on any atom is -0.456 e. The van der Waals surface area contributed by atoms with Gasteiger partial charge in [-0.05, 0) is 24.1 Å². The molecule has 0 aliphatic rings. The first-order chi connectivity index (χ1) is 13.6. The Balaban J connectivity index is 2.08. The van der Waals surface area contributed by atoms with Crippen LogP contribution in [0.5, 0.6) is 0 Å². The molecule has 0 saturated carbocycles. The van der Waals surface area contributed by atoms with Gasteiger partial charge in [0.05, 0.1) is 24.7 Å². The van der Waals surface area contributed by atoms with Gasteiger partial charge in [-0.2, -0.15) is 0 Å². The second-order valence-corrected chi connectivity index (χ2v) is 8.37. The highest BCUT2D eigenvalue weighted by Gasteiger charge is 2.28. The molecule has 1 atom stereocenters. The quantitative estimate of drug-likeness (QED) is 0.275. The summed E-state index contributed by atoms with van der Waals surface area (Å²) in [4.78, 5) is 47.6. The van der Waals surface area contributed by atoms with Gasteiger partial charge in [0, 0.05) is 12.1 Å². The summed E-state index contributed by atoms with van der Waals surface area (Å²) < 4.78 is 5.47. The predicted octanol–water partition coefficient (Wildman–Crippen LogP) is 4.14. The van der Waals surface area contributed by atoms with E-state index in [-0.39, 0.29) is 22.2 Å². The molecule has 0 radical (unpaired) electrons. The number of nitro benzene ring substituents is 1. The van der Waals surface area contributed by atoms with Gasteiger partial charge in [0.25, 0.3) is 11.6 Å². The molecular weight excluding hydrogens is 443 g/mol. The van der Waals surface area contributed by atoms with Gasteiger partial charge in [-0.25, -0.2) is 4.79 Å². The van der Waals surface area contributed by atoms with Crippen molar-refractivity contribution in [2.75, 3.05) is 6.61 Å². The van der Waals surface area contributed by atoms with E-state index in [1.54, 1.807) is 19.9 Å². The van der Waals surface area contributed by atoms with E-state index >= 15 is 0 Å². The fourth-order valence-corrected chi connectivity index (χ4v) is 3.45. The second kappa shape index (κ2) is 9.82. The van der Waals surface area contributed by atoms with Crippen molar-refractivity contribution in [1.29, 1.82) is 0 Å². The molecule has 0 bridgehead atoms. The number of amides is 1. The number of rotatable bonds is 8. The number of nitrogens with zero attached hydrogens (tertiary/aromatic N) is 1. The molecule has 1 heterocycles. The number of halogens is 2. The van der Waals surface area contributed by atoms with Crippen LogP contribution in [-0.2, 0) is 9.53 Å². The van der Waals surface area contributed by atoms with Crippen LogP contribution in [0.1, 0.15) is 33.9 Å². The fourth-order valence-electron chi connectivity index (χ4n) is 2.28. The minimum absolute atomic E-state index is 0.00581. The van der Waals surface area contributed by atoms with E-state index in [4.69, 9.17) is 27.9 Å². The highest BCUT2D eigenvalue weighted by Crippen LogP contribution is 2.23. The van der Waals surface area contributed by atoms with E-state index in [9.17, 15) is 24.5 Å². The molecule has 1 aromatic heterocycles. The molecule has 8 nitrogen and oxygen atoms in total. The molecule has 0 fully saturated rings. The van der Waals surface area contributed by atoms with Crippen LogP contribution in [0.15, 0.2) is 30.3 Å². The van der Waals surface area contributed by atoms with E-state index in [0.29, 0.717) is 9.21 Å². The van der Waals surface area contributed by atoms with Gasteiger partial charge in [-0.15, -0.1) is 11.3 Å². The van der Waals surface area contributed by atoms with Gasteiger partial charge < -0.3 is 10.1 Å². The van der Waals surface area contributed by atoms with Crippen LogP contribution >= 0.6 is 34.5 Å². The Morgan fingerprint density at radius 1 is 1.21 bits per heavy atom. The summed E-state index contributed by atoms with van der Waals surface area (Å²) in [5.41, 5.74) is -0.466. The van der Waals surface area contributed by atoms with Gasteiger partial charge in [-0.3, -0.25) is 19.7 Å². The van der Waals surface area contributed by atoms with Crippen molar-refractivity contribution in [1.82, 2.24) is 5.32 Å². The average molecular weight is 459 g/mol.